The second kappa shape index (κ2) is 6.25. The number of carboxylic acid groups (broad SMARTS) is 1. The highest BCUT2D eigenvalue weighted by Crippen LogP contribution is 2.08. The molecule has 0 saturated carbocycles. The summed E-state index contributed by atoms with van der Waals surface area (Å²) in [7, 11) is 0. The molecule has 88 valence electrons. The Bertz CT molecular complexity index is 326. The lowest BCUT2D eigenvalue weighted by molar-refractivity contribution is -0.169. The van der Waals surface area contributed by atoms with E-state index in [1.165, 1.54) is 0 Å². The van der Waals surface area contributed by atoms with Crippen LogP contribution in [0.1, 0.15) is 18.9 Å². The van der Waals surface area contributed by atoms with E-state index in [2.05, 4.69) is 0 Å². The van der Waals surface area contributed by atoms with E-state index < -0.39 is 12.0 Å². The van der Waals surface area contributed by atoms with Crippen LogP contribution >= 0.6 is 0 Å². The highest BCUT2D eigenvalue weighted by Gasteiger charge is 2.23. The highest BCUT2D eigenvalue weighted by atomic mass is 16.5. The Kier molecular flexibility index (Phi) is 4.95. The molecule has 2 N–H and O–H groups in total. The van der Waals surface area contributed by atoms with Gasteiger partial charge in [0.25, 0.3) is 0 Å². The van der Waals surface area contributed by atoms with Crippen LogP contribution in [0.25, 0.3) is 0 Å². The molecule has 1 atom stereocenters. The summed E-state index contributed by atoms with van der Waals surface area (Å²) >= 11 is 0. The Balaban J connectivity index is 2.69. The Hall–Kier alpha value is -1.39. The van der Waals surface area contributed by atoms with Crippen molar-refractivity contribution in [2.45, 2.75) is 25.8 Å². The van der Waals surface area contributed by atoms with Gasteiger partial charge in [-0.25, -0.2) is 0 Å². The minimum Gasteiger partial charge on any atom is -0.480 e. The zero-order chi connectivity index (χ0) is 12.0. The maximum Gasteiger partial charge on any atom is 0.323 e. The van der Waals surface area contributed by atoms with Crippen molar-refractivity contribution >= 4 is 5.97 Å². The van der Waals surface area contributed by atoms with Gasteiger partial charge in [0.1, 0.15) is 6.04 Å². The summed E-state index contributed by atoms with van der Waals surface area (Å²) < 4.78 is 0. The number of rotatable bonds is 6. The third-order valence-electron chi connectivity index (χ3n) is 2.37. The van der Waals surface area contributed by atoms with Crippen LogP contribution in [0.4, 0.5) is 0 Å². The van der Waals surface area contributed by atoms with Crippen LogP contribution in [0.15, 0.2) is 30.3 Å². The molecule has 0 saturated heterocycles. The van der Waals surface area contributed by atoms with E-state index in [9.17, 15) is 10.0 Å². The minimum atomic E-state index is -1.00. The number of benzene rings is 1. The van der Waals surface area contributed by atoms with Crippen LogP contribution in [0.2, 0.25) is 0 Å². The molecule has 1 aromatic rings. The number of carboxylic acids is 1. The van der Waals surface area contributed by atoms with Crippen LogP contribution in [0.3, 0.4) is 0 Å². The van der Waals surface area contributed by atoms with Crippen LogP contribution in [-0.2, 0) is 11.2 Å². The summed E-state index contributed by atoms with van der Waals surface area (Å²) in [6.45, 7) is 2.26. The molecule has 16 heavy (non-hydrogen) atoms. The third-order valence-corrected chi connectivity index (χ3v) is 2.37. The van der Waals surface area contributed by atoms with Gasteiger partial charge in [-0.05, 0) is 12.0 Å². The van der Waals surface area contributed by atoms with Gasteiger partial charge in [-0.2, -0.15) is 5.06 Å². The Morgan fingerprint density at radius 2 is 2.00 bits per heavy atom. The van der Waals surface area contributed by atoms with Gasteiger partial charge in [0.15, 0.2) is 0 Å². The van der Waals surface area contributed by atoms with E-state index >= 15 is 0 Å². The van der Waals surface area contributed by atoms with E-state index in [0.717, 1.165) is 17.0 Å². The Morgan fingerprint density at radius 1 is 1.38 bits per heavy atom. The maximum atomic E-state index is 11.0. The number of carbonyl (C=O) groups is 1. The van der Waals surface area contributed by atoms with Crippen molar-refractivity contribution in [3.63, 3.8) is 0 Å². The van der Waals surface area contributed by atoms with Crippen molar-refractivity contribution in [3.8, 4) is 0 Å². The van der Waals surface area contributed by atoms with E-state index in [1.54, 1.807) is 0 Å². The molecular formula is C12H17NO3. The Morgan fingerprint density at radius 3 is 2.50 bits per heavy atom. The van der Waals surface area contributed by atoms with Gasteiger partial charge in [0.05, 0.1) is 0 Å². The molecule has 0 spiro atoms. The number of hydroxylamine groups is 2. The summed E-state index contributed by atoms with van der Waals surface area (Å²) in [6.07, 6.45) is 1.03. The van der Waals surface area contributed by atoms with Gasteiger partial charge < -0.3 is 10.3 Å². The topological polar surface area (TPSA) is 60.8 Å². The fraction of sp³-hybridized carbons (Fsp3) is 0.417. The zero-order valence-corrected chi connectivity index (χ0v) is 9.34. The molecule has 0 fully saturated rings. The lowest BCUT2D eigenvalue weighted by atomic mass is 10.1. The summed E-state index contributed by atoms with van der Waals surface area (Å²) in [6, 6.07) is 8.43. The first-order valence-electron chi connectivity index (χ1n) is 5.37. The molecule has 0 aliphatic heterocycles. The smallest absolute Gasteiger partial charge is 0.323 e. The normalized spacial score (nSPS) is 12.7. The second-order valence-corrected chi connectivity index (χ2v) is 3.71. The molecular weight excluding hydrogens is 206 g/mol. The van der Waals surface area contributed by atoms with Crippen molar-refractivity contribution in [1.82, 2.24) is 5.06 Å². The third kappa shape index (κ3) is 3.64. The van der Waals surface area contributed by atoms with E-state index in [4.69, 9.17) is 5.11 Å². The Labute approximate surface area is 95.1 Å². The van der Waals surface area contributed by atoms with E-state index in [-0.39, 0.29) is 0 Å². The van der Waals surface area contributed by atoms with E-state index in [0.29, 0.717) is 13.0 Å². The van der Waals surface area contributed by atoms with Crippen molar-refractivity contribution < 1.29 is 15.1 Å². The second-order valence-electron chi connectivity index (χ2n) is 3.71. The first kappa shape index (κ1) is 12.7. The molecule has 1 aromatic carbocycles. The fourth-order valence-corrected chi connectivity index (χ4v) is 1.54. The van der Waals surface area contributed by atoms with Gasteiger partial charge in [0, 0.05) is 13.0 Å². The predicted octanol–water partition coefficient (Wildman–Crippen LogP) is 1.78. The van der Waals surface area contributed by atoms with Crippen molar-refractivity contribution in [2.75, 3.05) is 6.54 Å². The zero-order valence-electron chi connectivity index (χ0n) is 9.34. The predicted molar refractivity (Wildman–Crippen MR) is 60.4 cm³/mol. The summed E-state index contributed by atoms with van der Waals surface area (Å²) in [5.41, 5.74) is 0.907. The van der Waals surface area contributed by atoms with Crippen LogP contribution in [0.5, 0.6) is 0 Å². The standard InChI is InChI=1S/C12H17NO3/c1-2-8-13(16)11(12(14)15)9-10-6-4-3-5-7-10/h3-7,11,16H,2,8-9H2,1H3,(H,14,15)/t11-/m0/s1. The average molecular weight is 223 g/mol. The molecule has 0 aromatic heterocycles. The van der Waals surface area contributed by atoms with Crippen LogP contribution in [-0.4, -0.2) is 33.9 Å². The first-order valence-corrected chi connectivity index (χ1v) is 5.37. The molecule has 1 rings (SSSR count). The molecule has 0 aliphatic carbocycles. The lowest BCUT2D eigenvalue weighted by Crippen LogP contribution is -2.41. The van der Waals surface area contributed by atoms with Gasteiger partial charge in [-0.1, -0.05) is 37.3 Å². The number of aliphatic carboxylic acids is 1. The first-order chi connectivity index (χ1) is 7.65. The monoisotopic (exact) mass is 223 g/mol. The average Bonchev–Trinajstić information content (AvgIpc) is 2.27. The van der Waals surface area contributed by atoms with Crippen LogP contribution in [0, 0.1) is 0 Å². The molecule has 0 radical (unpaired) electrons. The molecule has 0 unspecified atom stereocenters. The van der Waals surface area contributed by atoms with Gasteiger partial charge in [0.2, 0.25) is 0 Å². The highest BCUT2D eigenvalue weighted by molar-refractivity contribution is 5.73. The fourth-order valence-electron chi connectivity index (χ4n) is 1.54. The van der Waals surface area contributed by atoms with Gasteiger partial charge >= 0.3 is 5.97 Å². The van der Waals surface area contributed by atoms with E-state index in [1.807, 2.05) is 37.3 Å². The largest absolute Gasteiger partial charge is 0.480 e. The molecule has 0 heterocycles. The summed E-state index contributed by atoms with van der Waals surface area (Å²) in [5, 5.41) is 19.5. The SMILES string of the molecule is CCCN(O)[C@@H](Cc1ccccc1)C(=O)O. The number of hydrogen-bond donors (Lipinski definition) is 2. The van der Waals surface area contributed by atoms with Gasteiger partial charge in [-0.15, -0.1) is 0 Å². The molecule has 0 aliphatic rings. The van der Waals surface area contributed by atoms with Crippen LogP contribution < -0.4 is 0 Å². The summed E-state index contributed by atoms with van der Waals surface area (Å²) in [5.74, 6) is -1.00. The number of hydrogen-bond acceptors (Lipinski definition) is 3. The molecule has 4 nitrogen and oxygen atoms in total. The van der Waals surface area contributed by atoms with Gasteiger partial charge in [-0.3, -0.25) is 4.79 Å². The molecule has 0 amide bonds. The van der Waals surface area contributed by atoms with Crippen molar-refractivity contribution in [2.24, 2.45) is 0 Å². The molecule has 4 heteroatoms. The lowest BCUT2D eigenvalue weighted by Gasteiger charge is -2.21. The molecule has 0 bridgehead atoms. The quantitative estimate of drug-likeness (QED) is 0.722. The van der Waals surface area contributed by atoms with Crippen molar-refractivity contribution in [1.29, 1.82) is 0 Å². The maximum absolute atomic E-state index is 11.0. The number of nitrogens with zero attached hydrogens (tertiary/aromatic N) is 1. The van der Waals surface area contributed by atoms with Crippen molar-refractivity contribution in [3.05, 3.63) is 35.9 Å². The summed E-state index contributed by atoms with van der Waals surface area (Å²) in [4.78, 5) is 11.0. The minimum absolute atomic E-state index is 0.312.